The molecule has 4 nitrogen and oxygen atoms in total. The summed E-state index contributed by atoms with van der Waals surface area (Å²) in [5.41, 5.74) is 0. The van der Waals surface area contributed by atoms with Crippen LogP contribution >= 0.6 is 23.5 Å². The quantitative estimate of drug-likeness (QED) is 0.428. The third-order valence-electron chi connectivity index (χ3n) is 0.686. The van der Waals surface area contributed by atoms with Crippen molar-refractivity contribution in [2.24, 2.45) is 0 Å². The molecule has 0 heterocycles. The van der Waals surface area contributed by atoms with E-state index < -0.39 is 23.7 Å². The van der Waals surface area contributed by atoms with Gasteiger partial charge in [0.25, 0.3) is 0 Å². The van der Waals surface area contributed by atoms with E-state index >= 15 is 0 Å². The second-order valence-corrected chi connectivity index (χ2v) is 2.14. The number of carbonyl (C=O) groups is 2. The van der Waals surface area contributed by atoms with Crippen molar-refractivity contribution < 1.29 is 50.0 Å². The molecule has 1 N–H and O–H groups in total. The third kappa shape index (κ3) is 6.90. The Morgan fingerprint density at radius 3 is 2.36 bits per heavy atom. The maximum absolute atomic E-state index is 10.3. The second kappa shape index (κ2) is 7.18. The zero-order valence-corrected chi connectivity index (χ0v) is 9.22. The van der Waals surface area contributed by atoms with Crippen LogP contribution in [0, 0.1) is 0 Å². The summed E-state index contributed by atoms with van der Waals surface area (Å²) in [7, 11) is 0. The predicted molar refractivity (Wildman–Crippen MR) is 35.0 cm³/mol. The largest absolute Gasteiger partial charge is 1.00 e. The number of rotatable bonds is 3. The van der Waals surface area contributed by atoms with Gasteiger partial charge in [0.15, 0.2) is 0 Å². The number of hydrogen-bond donors (Lipinski definition) is 1. The van der Waals surface area contributed by atoms with Gasteiger partial charge in [-0.05, 0) is 0 Å². The van der Waals surface area contributed by atoms with Crippen molar-refractivity contribution in [3.63, 3.8) is 0 Å². The minimum atomic E-state index is -1.21. The Labute approximate surface area is 96.7 Å². The van der Waals surface area contributed by atoms with E-state index in [1.54, 1.807) is 0 Å². The third-order valence-corrected chi connectivity index (χ3v) is 1.17. The summed E-state index contributed by atoms with van der Waals surface area (Å²) in [4.78, 5) is 20.2. The number of aliphatic carboxylic acids is 1. The Kier molecular flexibility index (Phi) is 9.19. The van der Waals surface area contributed by atoms with Crippen molar-refractivity contribution >= 4 is 35.4 Å². The summed E-state index contributed by atoms with van der Waals surface area (Å²) >= 11 is 9.79. The number of carbonyl (C=O) groups excluding carboxylic acids is 1. The van der Waals surface area contributed by atoms with Crippen LogP contribution in [0.15, 0.2) is 0 Å². The average molecular weight is 211 g/mol. The van der Waals surface area contributed by atoms with Gasteiger partial charge in [-0.25, -0.2) is 4.79 Å². The van der Waals surface area contributed by atoms with Gasteiger partial charge in [-0.2, -0.15) is 0 Å². The van der Waals surface area contributed by atoms with Crippen LogP contribution in [0.25, 0.3) is 0 Å². The molecule has 7 heteroatoms. The van der Waals surface area contributed by atoms with Gasteiger partial charge in [-0.3, -0.25) is 4.79 Å². The van der Waals surface area contributed by atoms with E-state index in [4.69, 9.17) is 16.7 Å². The standard InChI is InChI=1S/C4H4Cl2O4.Na.H/c5-2(1-3(7)8)4(9)10-6;;/h2H,1H2,(H,7,8);;/q;+1;-1. The summed E-state index contributed by atoms with van der Waals surface area (Å²) in [5, 5.41) is 6.88. The Morgan fingerprint density at radius 1 is 1.64 bits per heavy atom. The number of alkyl halides is 1. The molecule has 0 aromatic heterocycles. The van der Waals surface area contributed by atoms with E-state index in [1.165, 1.54) is 0 Å². The van der Waals surface area contributed by atoms with Crippen molar-refractivity contribution in [2.45, 2.75) is 11.8 Å². The van der Waals surface area contributed by atoms with Gasteiger partial charge in [0.1, 0.15) is 17.2 Å². The van der Waals surface area contributed by atoms with E-state index in [0.717, 1.165) is 0 Å². The fraction of sp³-hybridized carbons (Fsp3) is 0.500. The molecular weight excluding hydrogens is 206 g/mol. The summed E-state index contributed by atoms with van der Waals surface area (Å²) in [6.07, 6.45) is -0.493. The molecule has 0 bridgehead atoms. The second-order valence-electron chi connectivity index (χ2n) is 1.46. The molecule has 1 atom stereocenters. The van der Waals surface area contributed by atoms with Crippen molar-refractivity contribution in [1.82, 2.24) is 0 Å². The molecule has 0 radical (unpaired) electrons. The Bertz CT molecular complexity index is 156. The van der Waals surface area contributed by atoms with Crippen LogP contribution < -0.4 is 29.6 Å². The van der Waals surface area contributed by atoms with Crippen molar-refractivity contribution in [2.75, 3.05) is 0 Å². The van der Waals surface area contributed by atoms with Gasteiger partial charge in [-0.15, -0.1) is 11.6 Å². The van der Waals surface area contributed by atoms with Crippen LogP contribution in [-0.2, 0) is 13.9 Å². The van der Waals surface area contributed by atoms with E-state index in [1.807, 2.05) is 0 Å². The molecule has 0 aromatic rings. The predicted octanol–water partition coefficient (Wildman–Crippen LogP) is -2.12. The molecule has 0 saturated carbocycles. The Balaban J connectivity index is -0.000000405. The Hall–Kier alpha value is 0.520. The van der Waals surface area contributed by atoms with E-state index in [0.29, 0.717) is 0 Å². The van der Waals surface area contributed by atoms with Crippen LogP contribution in [0.1, 0.15) is 7.85 Å². The topological polar surface area (TPSA) is 63.6 Å². The van der Waals surface area contributed by atoms with E-state index in [-0.39, 0.29) is 31.0 Å². The zero-order chi connectivity index (χ0) is 8.15. The molecule has 0 aliphatic carbocycles. The van der Waals surface area contributed by atoms with E-state index in [9.17, 15) is 9.59 Å². The molecule has 60 valence electrons. The summed E-state index contributed by atoms with van der Waals surface area (Å²) in [5.74, 6) is -2.13. The minimum absolute atomic E-state index is 0. The molecule has 0 fully saturated rings. The maximum atomic E-state index is 10.3. The molecule has 0 aromatic carbocycles. The first kappa shape index (κ1) is 14.1. The van der Waals surface area contributed by atoms with Gasteiger partial charge in [-0.1, -0.05) is 0 Å². The molecule has 0 aliphatic rings. The molecule has 11 heavy (non-hydrogen) atoms. The smallest absolute Gasteiger partial charge is 1.00 e. The van der Waals surface area contributed by atoms with Crippen LogP contribution in [0.4, 0.5) is 0 Å². The maximum Gasteiger partial charge on any atom is 1.00 e. The number of carboxylic acids is 1. The first-order valence-electron chi connectivity index (χ1n) is 2.26. The molecule has 0 spiro atoms. The summed E-state index contributed by atoms with van der Waals surface area (Å²) < 4.78 is 3.65. The van der Waals surface area contributed by atoms with Crippen LogP contribution in [-0.4, -0.2) is 22.4 Å². The summed E-state index contributed by atoms with van der Waals surface area (Å²) in [6.45, 7) is 0. The summed E-state index contributed by atoms with van der Waals surface area (Å²) in [6, 6.07) is 0. The van der Waals surface area contributed by atoms with Crippen molar-refractivity contribution in [3.8, 4) is 0 Å². The fourth-order valence-electron chi connectivity index (χ4n) is 0.285. The molecule has 0 saturated heterocycles. The first-order chi connectivity index (χ1) is 4.57. The van der Waals surface area contributed by atoms with Crippen LogP contribution in [0.5, 0.6) is 0 Å². The average Bonchev–Trinajstić information content (AvgIpc) is 1.85. The van der Waals surface area contributed by atoms with Crippen LogP contribution in [0.2, 0.25) is 0 Å². The van der Waals surface area contributed by atoms with Gasteiger partial charge in [0.2, 0.25) is 0 Å². The zero-order valence-electron chi connectivity index (χ0n) is 6.71. The fourth-order valence-corrected chi connectivity index (χ4v) is 0.615. The van der Waals surface area contributed by atoms with Crippen LogP contribution in [0.3, 0.4) is 0 Å². The monoisotopic (exact) mass is 210 g/mol. The van der Waals surface area contributed by atoms with Gasteiger partial charge in [0.05, 0.1) is 6.42 Å². The van der Waals surface area contributed by atoms with Crippen molar-refractivity contribution in [3.05, 3.63) is 0 Å². The molecular formula is C4H5Cl2NaO4. The number of hydrogen-bond acceptors (Lipinski definition) is 3. The molecule has 0 aliphatic heterocycles. The number of halogens is 2. The van der Waals surface area contributed by atoms with Gasteiger partial charge >= 0.3 is 41.5 Å². The number of carboxylic acid groups (broad SMARTS) is 1. The molecule has 0 amide bonds. The molecule has 0 rings (SSSR count). The first-order valence-corrected chi connectivity index (χ1v) is 3.00. The Morgan fingerprint density at radius 2 is 2.09 bits per heavy atom. The van der Waals surface area contributed by atoms with Gasteiger partial charge < -0.3 is 10.8 Å². The van der Waals surface area contributed by atoms with Crippen molar-refractivity contribution in [1.29, 1.82) is 0 Å². The van der Waals surface area contributed by atoms with E-state index in [2.05, 4.69) is 16.2 Å². The SMILES string of the molecule is O=C(O)CC(Cl)C(=O)OCl.[H-].[Na+]. The van der Waals surface area contributed by atoms with Gasteiger partial charge in [0, 0.05) is 0 Å². The minimum Gasteiger partial charge on any atom is -1.00 e. The molecule has 1 unspecified atom stereocenters. The normalized spacial score (nSPS) is 11.1.